The van der Waals surface area contributed by atoms with Gasteiger partial charge in [0.15, 0.2) is 0 Å². The van der Waals surface area contributed by atoms with E-state index in [4.69, 9.17) is 9.47 Å². The van der Waals surface area contributed by atoms with Crippen molar-refractivity contribution in [2.75, 3.05) is 53.5 Å². The minimum absolute atomic E-state index is 0.00538. The van der Waals surface area contributed by atoms with Crippen LogP contribution in [0.5, 0.6) is 0 Å². The number of nitrogens with one attached hydrogen (secondary N) is 3. The summed E-state index contributed by atoms with van der Waals surface area (Å²) in [7, 11) is 8.52. The van der Waals surface area contributed by atoms with Crippen molar-refractivity contribution in [1.82, 2.24) is 34.7 Å². The van der Waals surface area contributed by atoms with Crippen LogP contribution < -0.4 is 16.0 Å². The van der Waals surface area contributed by atoms with Gasteiger partial charge in [-0.2, -0.15) is 9.36 Å². The van der Waals surface area contributed by atoms with Gasteiger partial charge < -0.3 is 29.9 Å². The van der Waals surface area contributed by atoms with E-state index >= 15 is 0 Å². The van der Waals surface area contributed by atoms with Gasteiger partial charge in [0.2, 0.25) is 39.8 Å². The molecule has 1 aromatic heterocycles. The fourth-order valence-electron chi connectivity index (χ4n) is 8.31. The number of aromatic nitrogens is 2. The maximum absolute atomic E-state index is 14.4. The van der Waals surface area contributed by atoms with E-state index in [1.165, 1.54) is 18.9 Å². The molecule has 1 aromatic carbocycles. The molecule has 5 amide bonds. The number of likely N-dealkylation sites (N-methyl/N-ethyl adjacent to an activating group) is 2. The number of methoxy groups -OCH3 is 2. The number of hydrogen-bond donors (Lipinski definition) is 3. The molecule has 0 spiro atoms. The monoisotopic (exact) mass is 874 g/mol. The maximum Gasteiger partial charge on any atom is 0.249 e. The fraction of sp³-hybridized carbons (Fsp3) is 0.698. The van der Waals surface area contributed by atoms with E-state index in [0.29, 0.717) is 29.7 Å². The molecule has 0 aliphatic carbocycles. The third kappa shape index (κ3) is 13.4. The van der Waals surface area contributed by atoms with Gasteiger partial charge in [-0.25, -0.2) is 0 Å². The van der Waals surface area contributed by atoms with E-state index in [2.05, 4.69) is 25.3 Å². The average molecular weight is 875 g/mol. The van der Waals surface area contributed by atoms with Gasteiger partial charge in [0.1, 0.15) is 12.1 Å². The molecule has 0 radical (unpaired) electrons. The van der Waals surface area contributed by atoms with Crippen molar-refractivity contribution in [3.05, 3.63) is 35.9 Å². The van der Waals surface area contributed by atoms with Crippen molar-refractivity contribution in [3.63, 3.8) is 0 Å². The highest BCUT2D eigenvalue weighted by molar-refractivity contribution is 7.98. The van der Waals surface area contributed by atoms with E-state index in [1.807, 2.05) is 97.1 Å². The number of carbonyl (C=O) groups excluding carboxylic acids is 5. The third-order valence-corrected chi connectivity index (χ3v) is 13.0. The Labute approximate surface area is 366 Å². The number of benzene rings is 1. The Morgan fingerprint density at radius 3 is 2.13 bits per heavy atom. The number of rotatable bonds is 23. The van der Waals surface area contributed by atoms with Crippen molar-refractivity contribution < 1.29 is 33.4 Å². The molecule has 1 aliphatic heterocycles. The molecule has 1 fully saturated rings. The van der Waals surface area contributed by atoms with Gasteiger partial charge in [0, 0.05) is 45.8 Å². The smallest absolute Gasteiger partial charge is 0.249 e. The molecule has 2 aromatic rings. The van der Waals surface area contributed by atoms with Crippen molar-refractivity contribution in [3.8, 4) is 0 Å². The standard InChI is InChI=1S/C43H70N8O7S2/c1-14-27(6)36(50(10)41(56)34(25(2)3)45-40(55)35(26(4)5)49(8)9)32(57-11)24-33(52)51-22-18-21-31(51)37(58-12)28(7)38(53)44-30(23-29-19-16-15-17-20-29)39(54)46-42-47-43(59-13)48-60-42/h15-17,19-20,25-28,30-32,34-37H,14,18,21-24H2,1-13H3,(H,44,53)(H,45,55)(H,46,47,48,54)/t27-,28+,30+,31?,32?,34+,35+,36+,37+/m1/s1. The van der Waals surface area contributed by atoms with Gasteiger partial charge in [-0.1, -0.05) is 97.0 Å². The number of ether oxygens (including phenoxy) is 2. The van der Waals surface area contributed by atoms with Gasteiger partial charge >= 0.3 is 0 Å². The number of thioether (sulfide) groups is 1. The van der Waals surface area contributed by atoms with Gasteiger partial charge in [0.25, 0.3) is 0 Å². The zero-order chi connectivity index (χ0) is 44.8. The van der Waals surface area contributed by atoms with Crippen LogP contribution in [0.1, 0.15) is 79.7 Å². The van der Waals surface area contributed by atoms with E-state index in [9.17, 15) is 24.0 Å². The van der Waals surface area contributed by atoms with Gasteiger partial charge in [-0.05, 0) is 56.5 Å². The Morgan fingerprint density at radius 1 is 0.933 bits per heavy atom. The summed E-state index contributed by atoms with van der Waals surface area (Å²) in [6.45, 7) is 14.1. The van der Waals surface area contributed by atoms with Crippen LogP contribution in [-0.2, 0) is 39.9 Å². The molecule has 3 rings (SSSR count). The maximum atomic E-state index is 14.4. The molecule has 15 nitrogen and oxygen atoms in total. The Morgan fingerprint density at radius 2 is 1.60 bits per heavy atom. The first kappa shape index (κ1) is 50.7. The van der Waals surface area contributed by atoms with Crippen LogP contribution >= 0.6 is 23.3 Å². The lowest BCUT2D eigenvalue weighted by Crippen LogP contribution is -2.59. The summed E-state index contributed by atoms with van der Waals surface area (Å²) in [6, 6.07) is 6.43. The lowest BCUT2D eigenvalue weighted by Gasteiger charge is -2.41. The predicted molar refractivity (Wildman–Crippen MR) is 238 cm³/mol. The molecular formula is C43H70N8O7S2. The zero-order valence-electron chi connectivity index (χ0n) is 37.9. The van der Waals surface area contributed by atoms with Crippen LogP contribution in [0, 0.1) is 23.7 Å². The minimum Gasteiger partial charge on any atom is -0.379 e. The van der Waals surface area contributed by atoms with Crippen molar-refractivity contribution in [1.29, 1.82) is 0 Å². The van der Waals surface area contributed by atoms with Crippen LogP contribution in [0.25, 0.3) is 0 Å². The number of hydrogen-bond acceptors (Lipinski definition) is 12. The van der Waals surface area contributed by atoms with Crippen LogP contribution in [0.2, 0.25) is 0 Å². The molecule has 2 unspecified atom stereocenters. The molecular weight excluding hydrogens is 805 g/mol. The lowest BCUT2D eigenvalue weighted by atomic mass is 9.89. The first-order valence-electron chi connectivity index (χ1n) is 21.0. The second kappa shape index (κ2) is 24.1. The van der Waals surface area contributed by atoms with Gasteiger partial charge in [0.05, 0.1) is 42.7 Å². The Kier molecular flexibility index (Phi) is 20.4. The van der Waals surface area contributed by atoms with Crippen LogP contribution in [0.15, 0.2) is 35.5 Å². The van der Waals surface area contributed by atoms with Crippen LogP contribution in [0.3, 0.4) is 0 Å². The van der Waals surface area contributed by atoms with Crippen molar-refractivity contribution in [2.24, 2.45) is 23.7 Å². The normalized spacial score (nSPS) is 18.3. The average Bonchev–Trinajstić information content (AvgIpc) is 3.89. The largest absolute Gasteiger partial charge is 0.379 e. The predicted octanol–water partition coefficient (Wildman–Crippen LogP) is 4.57. The minimum atomic E-state index is -0.921. The van der Waals surface area contributed by atoms with Crippen molar-refractivity contribution >= 4 is 58.0 Å². The summed E-state index contributed by atoms with van der Waals surface area (Å²) < 4.78 is 16.3. The number of carbonyl (C=O) groups is 5. The van der Waals surface area contributed by atoms with E-state index in [0.717, 1.165) is 23.5 Å². The summed E-state index contributed by atoms with van der Waals surface area (Å²) in [4.78, 5) is 79.4. The molecule has 336 valence electrons. The highest BCUT2D eigenvalue weighted by Crippen LogP contribution is 2.30. The Bertz CT molecular complexity index is 1690. The van der Waals surface area contributed by atoms with Crippen LogP contribution in [0.4, 0.5) is 5.13 Å². The number of nitrogens with zero attached hydrogens (tertiary/aromatic N) is 5. The Balaban J connectivity index is 1.81. The SMILES string of the molecule is CC[C@@H](C)[C@@H](C(CC(=O)N1CCCC1[C@@H](OC)[C@H](C)C(=O)N[C@@H](Cc1ccccc1)C(=O)Nc1nc(SC)ns1)OC)N(C)C(=O)[C@@H](NC(=O)[C@H](C(C)C)N(C)C)C(C)C. The molecule has 2 heterocycles. The molecule has 0 saturated carbocycles. The first-order valence-corrected chi connectivity index (χ1v) is 23.0. The molecule has 17 heteroatoms. The van der Waals surface area contributed by atoms with E-state index in [1.54, 1.807) is 30.9 Å². The quantitative estimate of drug-likeness (QED) is 0.134. The highest BCUT2D eigenvalue weighted by atomic mass is 32.2. The second-order valence-electron chi connectivity index (χ2n) is 16.8. The topological polar surface area (TPSA) is 175 Å². The third-order valence-electron chi connectivity index (χ3n) is 11.7. The van der Waals surface area contributed by atoms with E-state index < -0.39 is 54.2 Å². The summed E-state index contributed by atoms with van der Waals surface area (Å²) in [5.41, 5.74) is 0.868. The van der Waals surface area contributed by atoms with Crippen molar-refractivity contribution in [2.45, 2.75) is 128 Å². The Hall–Kier alpha value is -3.64. The van der Waals surface area contributed by atoms with E-state index in [-0.39, 0.29) is 54.2 Å². The highest BCUT2D eigenvalue weighted by Gasteiger charge is 2.43. The molecule has 0 bridgehead atoms. The first-order chi connectivity index (χ1) is 28.4. The van der Waals surface area contributed by atoms with Crippen LogP contribution in [-0.4, -0.2) is 144 Å². The van der Waals surface area contributed by atoms with Gasteiger partial charge in [-0.3, -0.25) is 34.2 Å². The molecule has 3 N–H and O–H groups in total. The number of likely N-dealkylation sites (tertiary alicyclic amines) is 1. The molecule has 1 aliphatic rings. The fourth-order valence-corrected chi connectivity index (χ4v) is 9.44. The second-order valence-corrected chi connectivity index (χ2v) is 18.3. The summed E-state index contributed by atoms with van der Waals surface area (Å²) in [6.07, 6.45) is 2.82. The summed E-state index contributed by atoms with van der Waals surface area (Å²) in [5.74, 6) is -2.37. The van der Waals surface area contributed by atoms with Gasteiger partial charge in [-0.15, -0.1) is 0 Å². The lowest BCUT2D eigenvalue weighted by molar-refractivity contribution is -0.148. The molecule has 9 atom stereocenters. The number of anilines is 1. The molecule has 1 saturated heterocycles. The molecule has 60 heavy (non-hydrogen) atoms. The number of amides is 5. The summed E-state index contributed by atoms with van der Waals surface area (Å²) in [5, 5.41) is 9.69. The zero-order valence-corrected chi connectivity index (χ0v) is 39.5. The summed E-state index contributed by atoms with van der Waals surface area (Å²) >= 11 is 2.44.